The summed E-state index contributed by atoms with van der Waals surface area (Å²) in [6, 6.07) is 0. The molecule has 94 valence electrons. The Morgan fingerprint density at radius 3 is 3.18 bits per heavy atom. The summed E-state index contributed by atoms with van der Waals surface area (Å²) in [5.41, 5.74) is 2.44. The van der Waals surface area contributed by atoms with Crippen LogP contribution in [0.15, 0.2) is 10.8 Å². The van der Waals surface area contributed by atoms with E-state index < -0.39 is 0 Å². The molecular formula is C12H18N2O2S. The lowest BCUT2D eigenvalue weighted by atomic mass is 10.2. The maximum atomic E-state index is 11.7. The van der Waals surface area contributed by atoms with Gasteiger partial charge in [-0.05, 0) is 28.8 Å². The standard InChI is InChI=1S/C12H18N2O2S/c1-9-7-17-8-10(9)5-14-12(15)4-11-6-13-2-3-16-11/h7-8,11,13H,2-6H2,1H3,(H,14,15). The van der Waals surface area contributed by atoms with E-state index in [1.807, 2.05) is 0 Å². The average Bonchev–Trinajstić information content (AvgIpc) is 2.74. The predicted molar refractivity (Wildman–Crippen MR) is 68.1 cm³/mol. The highest BCUT2D eigenvalue weighted by Crippen LogP contribution is 2.13. The van der Waals surface area contributed by atoms with Crippen LogP contribution in [-0.4, -0.2) is 31.7 Å². The molecule has 0 spiro atoms. The van der Waals surface area contributed by atoms with E-state index in [1.54, 1.807) is 11.3 Å². The van der Waals surface area contributed by atoms with Crippen molar-refractivity contribution in [3.63, 3.8) is 0 Å². The lowest BCUT2D eigenvalue weighted by Gasteiger charge is -2.23. The molecule has 1 aromatic heterocycles. The number of carbonyl (C=O) groups is 1. The first-order valence-electron chi connectivity index (χ1n) is 5.86. The second-order valence-corrected chi connectivity index (χ2v) is 5.00. The molecular weight excluding hydrogens is 236 g/mol. The zero-order valence-electron chi connectivity index (χ0n) is 9.99. The second kappa shape index (κ2) is 6.14. The summed E-state index contributed by atoms with van der Waals surface area (Å²) in [6.07, 6.45) is 0.461. The third-order valence-corrected chi connectivity index (χ3v) is 3.77. The molecule has 0 aliphatic carbocycles. The van der Waals surface area contributed by atoms with Crippen LogP contribution < -0.4 is 10.6 Å². The van der Waals surface area contributed by atoms with Crippen molar-refractivity contribution in [1.29, 1.82) is 0 Å². The molecule has 0 saturated carbocycles. The van der Waals surface area contributed by atoms with E-state index in [0.717, 1.165) is 13.1 Å². The van der Waals surface area contributed by atoms with Gasteiger partial charge in [0.2, 0.25) is 5.91 Å². The van der Waals surface area contributed by atoms with Gasteiger partial charge in [0, 0.05) is 19.6 Å². The molecule has 2 heterocycles. The van der Waals surface area contributed by atoms with Crippen molar-refractivity contribution in [3.05, 3.63) is 21.9 Å². The Labute approximate surface area is 105 Å². The van der Waals surface area contributed by atoms with Crippen LogP contribution in [0.25, 0.3) is 0 Å². The third-order valence-electron chi connectivity index (χ3n) is 2.86. The molecule has 0 bridgehead atoms. The molecule has 2 rings (SSSR count). The molecule has 1 aliphatic heterocycles. The summed E-state index contributed by atoms with van der Waals surface area (Å²) in [6.45, 7) is 5.03. The van der Waals surface area contributed by atoms with Gasteiger partial charge in [0.15, 0.2) is 0 Å². The largest absolute Gasteiger partial charge is 0.375 e. The van der Waals surface area contributed by atoms with E-state index in [9.17, 15) is 4.79 Å². The molecule has 1 aromatic rings. The summed E-state index contributed by atoms with van der Waals surface area (Å²) < 4.78 is 5.49. The van der Waals surface area contributed by atoms with Crippen molar-refractivity contribution in [1.82, 2.24) is 10.6 Å². The summed E-state index contributed by atoms with van der Waals surface area (Å²) >= 11 is 1.67. The fourth-order valence-electron chi connectivity index (χ4n) is 1.79. The minimum atomic E-state index is 0.0207. The maximum Gasteiger partial charge on any atom is 0.222 e. The maximum absolute atomic E-state index is 11.7. The van der Waals surface area contributed by atoms with Gasteiger partial charge in [-0.3, -0.25) is 4.79 Å². The number of thiophene rings is 1. The minimum absolute atomic E-state index is 0.0207. The molecule has 1 saturated heterocycles. The molecule has 1 unspecified atom stereocenters. The van der Waals surface area contributed by atoms with Crippen molar-refractivity contribution in [2.75, 3.05) is 19.7 Å². The Hall–Kier alpha value is -0.910. The number of ether oxygens (including phenoxy) is 1. The van der Waals surface area contributed by atoms with Crippen LogP contribution in [0.4, 0.5) is 0 Å². The van der Waals surface area contributed by atoms with Crippen LogP contribution in [0.3, 0.4) is 0 Å². The summed E-state index contributed by atoms with van der Waals surface area (Å²) in [4.78, 5) is 11.7. The number of aryl methyl sites for hydroxylation is 1. The van der Waals surface area contributed by atoms with Crippen LogP contribution >= 0.6 is 11.3 Å². The van der Waals surface area contributed by atoms with E-state index in [2.05, 4.69) is 28.3 Å². The third kappa shape index (κ3) is 3.80. The van der Waals surface area contributed by atoms with Gasteiger partial charge in [-0.15, -0.1) is 0 Å². The quantitative estimate of drug-likeness (QED) is 0.844. The van der Waals surface area contributed by atoms with Crippen LogP contribution in [-0.2, 0) is 16.1 Å². The molecule has 17 heavy (non-hydrogen) atoms. The zero-order valence-corrected chi connectivity index (χ0v) is 10.8. The number of morpholine rings is 1. The van der Waals surface area contributed by atoms with Crippen LogP contribution in [0.1, 0.15) is 17.5 Å². The molecule has 1 atom stereocenters. The monoisotopic (exact) mass is 254 g/mol. The number of amides is 1. The molecule has 1 fully saturated rings. The van der Waals surface area contributed by atoms with Gasteiger partial charge in [-0.2, -0.15) is 11.3 Å². The average molecular weight is 254 g/mol. The highest BCUT2D eigenvalue weighted by Gasteiger charge is 2.17. The lowest BCUT2D eigenvalue weighted by molar-refractivity contribution is -0.124. The topological polar surface area (TPSA) is 50.4 Å². The Morgan fingerprint density at radius 2 is 2.53 bits per heavy atom. The molecule has 0 radical (unpaired) electrons. The number of carbonyl (C=O) groups excluding carboxylic acids is 1. The normalized spacial score (nSPS) is 20.2. The number of hydrogen-bond donors (Lipinski definition) is 2. The van der Waals surface area contributed by atoms with E-state index in [1.165, 1.54) is 11.1 Å². The molecule has 4 nitrogen and oxygen atoms in total. The van der Waals surface area contributed by atoms with Gasteiger partial charge < -0.3 is 15.4 Å². The van der Waals surface area contributed by atoms with Gasteiger partial charge in [0.1, 0.15) is 0 Å². The smallest absolute Gasteiger partial charge is 0.222 e. The van der Waals surface area contributed by atoms with Crippen molar-refractivity contribution < 1.29 is 9.53 Å². The minimum Gasteiger partial charge on any atom is -0.375 e. The first-order valence-corrected chi connectivity index (χ1v) is 6.80. The van der Waals surface area contributed by atoms with Crippen LogP contribution in [0, 0.1) is 6.92 Å². The Bertz CT molecular complexity index is 372. The highest BCUT2D eigenvalue weighted by atomic mass is 32.1. The predicted octanol–water partition coefficient (Wildman–Crippen LogP) is 1.05. The van der Waals surface area contributed by atoms with Crippen LogP contribution in [0.2, 0.25) is 0 Å². The fraction of sp³-hybridized carbons (Fsp3) is 0.583. The van der Waals surface area contributed by atoms with E-state index in [-0.39, 0.29) is 12.0 Å². The van der Waals surface area contributed by atoms with E-state index >= 15 is 0 Å². The number of hydrogen-bond acceptors (Lipinski definition) is 4. The van der Waals surface area contributed by atoms with Crippen molar-refractivity contribution in [2.24, 2.45) is 0 Å². The van der Waals surface area contributed by atoms with E-state index in [4.69, 9.17) is 4.74 Å². The molecule has 5 heteroatoms. The van der Waals surface area contributed by atoms with Gasteiger partial charge in [0.05, 0.1) is 19.1 Å². The Kier molecular flexibility index (Phi) is 4.53. The zero-order chi connectivity index (χ0) is 12.1. The van der Waals surface area contributed by atoms with Crippen molar-refractivity contribution in [3.8, 4) is 0 Å². The first-order chi connectivity index (χ1) is 8.25. The molecule has 1 amide bonds. The van der Waals surface area contributed by atoms with Crippen molar-refractivity contribution in [2.45, 2.75) is 26.0 Å². The fourth-order valence-corrected chi connectivity index (χ4v) is 2.65. The summed E-state index contributed by atoms with van der Waals surface area (Å²) in [5, 5.41) is 10.3. The second-order valence-electron chi connectivity index (χ2n) is 4.26. The first kappa shape index (κ1) is 12.5. The summed E-state index contributed by atoms with van der Waals surface area (Å²) in [7, 11) is 0. The lowest BCUT2D eigenvalue weighted by Crippen LogP contribution is -2.41. The van der Waals surface area contributed by atoms with Gasteiger partial charge >= 0.3 is 0 Å². The Balaban J connectivity index is 1.72. The van der Waals surface area contributed by atoms with Gasteiger partial charge in [-0.1, -0.05) is 0 Å². The van der Waals surface area contributed by atoms with Gasteiger partial charge in [-0.25, -0.2) is 0 Å². The molecule has 2 N–H and O–H groups in total. The van der Waals surface area contributed by atoms with Gasteiger partial charge in [0.25, 0.3) is 0 Å². The van der Waals surface area contributed by atoms with E-state index in [0.29, 0.717) is 19.6 Å². The molecule has 0 aromatic carbocycles. The van der Waals surface area contributed by atoms with Crippen LogP contribution in [0.5, 0.6) is 0 Å². The Morgan fingerprint density at radius 1 is 1.65 bits per heavy atom. The SMILES string of the molecule is Cc1cscc1CNC(=O)CC1CNCCO1. The highest BCUT2D eigenvalue weighted by molar-refractivity contribution is 7.08. The number of rotatable bonds is 4. The molecule has 1 aliphatic rings. The summed E-state index contributed by atoms with van der Waals surface area (Å²) in [5.74, 6) is 0.0595. The van der Waals surface area contributed by atoms with Crippen molar-refractivity contribution >= 4 is 17.2 Å². The number of nitrogens with one attached hydrogen (secondary N) is 2.